The molecule has 2 aliphatic rings. The lowest BCUT2D eigenvalue weighted by Crippen LogP contribution is -2.28. The van der Waals surface area contributed by atoms with E-state index >= 15 is 0 Å². The first kappa shape index (κ1) is 14.8. The number of aromatic nitrogens is 2. The van der Waals surface area contributed by atoms with Crippen LogP contribution in [0.4, 0.5) is 0 Å². The van der Waals surface area contributed by atoms with Crippen molar-refractivity contribution in [1.29, 1.82) is 0 Å². The van der Waals surface area contributed by atoms with E-state index in [4.69, 9.17) is 0 Å². The normalized spacial score (nSPS) is 20.1. The summed E-state index contributed by atoms with van der Waals surface area (Å²) in [6, 6.07) is 4.12. The van der Waals surface area contributed by atoms with E-state index in [1.54, 1.807) is 11.3 Å². The fourth-order valence-corrected chi connectivity index (χ4v) is 4.90. The average Bonchev–Trinajstić information content (AvgIpc) is 3.21. The predicted molar refractivity (Wildman–Crippen MR) is 91.1 cm³/mol. The minimum Gasteiger partial charge on any atom is -0.337 e. The molecule has 0 radical (unpaired) electrons. The van der Waals surface area contributed by atoms with Gasteiger partial charge in [-0.05, 0) is 57.2 Å². The van der Waals surface area contributed by atoms with Crippen LogP contribution in [-0.4, -0.2) is 33.9 Å². The van der Waals surface area contributed by atoms with Crippen molar-refractivity contribution in [2.24, 2.45) is 0 Å². The predicted octanol–water partition coefficient (Wildman–Crippen LogP) is 3.27. The SMILES string of the molecule is Cc1cc(C)nc([C@H]2CCN(C(=O)c3cc4c(s3)CCC4)C2)n1. The molecular formula is C18H21N3OS. The lowest BCUT2D eigenvalue weighted by Gasteiger charge is -2.15. The molecule has 2 aromatic heterocycles. The van der Waals surface area contributed by atoms with Crippen LogP contribution in [0.15, 0.2) is 12.1 Å². The Hall–Kier alpha value is -1.75. The maximum Gasteiger partial charge on any atom is 0.263 e. The number of likely N-dealkylation sites (tertiary alicyclic amines) is 1. The van der Waals surface area contributed by atoms with Crippen molar-refractivity contribution in [3.63, 3.8) is 0 Å². The summed E-state index contributed by atoms with van der Waals surface area (Å²) < 4.78 is 0. The van der Waals surface area contributed by atoms with Crippen LogP contribution in [0.2, 0.25) is 0 Å². The molecule has 0 spiro atoms. The second kappa shape index (κ2) is 5.71. The molecule has 3 heterocycles. The van der Waals surface area contributed by atoms with Crippen LogP contribution in [0.3, 0.4) is 0 Å². The summed E-state index contributed by atoms with van der Waals surface area (Å²) in [5.74, 6) is 1.35. The zero-order valence-corrected chi connectivity index (χ0v) is 14.4. The highest BCUT2D eigenvalue weighted by atomic mass is 32.1. The third-order valence-corrected chi connectivity index (χ3v) is 6.02. The molecule has 1 aliphatic carbocycles. The van der Waals surface area contributed by atoms with Crippen molar-refractivity contribution in [2.75, 3.05) is 13.1 Å². The summed E-state index contributed by atoms with van der Waals surface area (Å²) in [4.78, 5) is 26.2. The molecule has 1 amide bonds. The van der Waals surface area contributed by atoms with Gasteiger partial charge in [-0.3, -0.25) is 4.79 Å². The van der Waals surface area contributed by atoms with Gasteiger partial charge in [0.2, 0.25) is 0 Å². The molecule has 0 N–H and O–H groups in total. The summed E-state index contributed by atoms with van der Waals surface area (Å²) >= 11 is 1.70. The third kappa shape index (κ3) is 2.78. The van der Waals surface area contributed by atoms with Crippen molar-refractivity contribution in [2.45, 2.75) is 45.4 Å². The van der Waals surface area contributed by atoms with Crippen LogP contribution in [-0.2, 0) is 12.8 Å². The van der Waals surface area contributed by atoms with Gasteiger partial charge in [0.05, 0.1) is 4.88 Å². The molecule has 0 unspecified atom stereocenters. The van der Waals surface area contributed by atoms with E-state index in [9.17, 15) is 4.79 Å². The van der Waals surface area contributed by atoms with Gasteiger partial charge in [-0.25, -0.2) is 9.97 Å². The number of carbonyl (C=O) groups excluding carboxylic acids is 1. The number of nitrogens with zero attached hydrogens (tertiary/aromatic N) is 3. The first-order valence-corrected chi connectivity index (χ1v) is 9.15. The summed E-state index contributed by atoms with van der Waals surface area (Å²) in [7, 11) is 0. The summed E-state index contributed by atoms with van der Waals surface area (Å²) in [6.07, 6.45) is 4.48. The van der Waals surface area contributed by atoms with E-state index in [1.807, 2.05) is 24.8 Å². The number of thiophene rings is 1. The molecule has 1 fully saturated rings. The number of hydrogen-bond donors (Lipinski definition) is 0. The standard InChI is InChI=1S/C18H21N3OS/c1-11-8-12(2)20-17(19-11)14-6-7-21(10-14)18(22)16-9-13-4-3-5-15(13)23-16/h8-9,14H,3-7,10H2,1-2H3/t14-/m0/s1. The lowest BCUT2D eigenvalue weighted by atomic mass is 10.1. The molecule has 23 heavy (non-hydrogen) atoms. The summed E-state index contributed by atoms with van der Waals surface area (Å²) in [5.41, 5.74) is 3.41. The molecule has 0 aromatic carbocycles. The highest BCUT2D eigenvalue weighted by Gasteiger charge is 2.31. The molecule has 0 bridgehead atoms. The molecule has 1 saturated heterocycles. The van der Waals surface area contributed by atoms with Crippen LogP contribution in [0.5, 0.6) is 0 Å². The fraction of sp³-hybridized carbons (Fsp3) is 0.500. The van der Waals surface area contributed by atoms with E-state index in [0.717, 1.165) is 54.4 Å². The van der Waals surface area contributed by atoms with E-state index < -0.39 is 0 Å². The molecule has 0 saturated carbocycles. The second-order valence-corrected chi connectivity index (χ2v) is 7.80. The Morgan fingerprint density at radius 2 is 2.00 bits per heavy atom. The molecule has 120 valence electrons. The monoisotopic (exact) mass is 327 g/mol. The van der Waals surface area contributed by atoms with Gasteiger partial charge in [-0.1, -0.05) is 0 Å². The number of hydrogen-bond acceptors (Lipinski definition) is 4. The first-order chi connectivity index (χ1) is 11.1. The minimum atomic E-state index is 0.191. The van der Waals surface area contributed by atoms with Crippen molar-refractivity contribution >= 4 is 17.2 Å². The van der Waals surface area contributed by atoms with Crippen LogP contribution in [0.25, 0.3) is 0 Å². The summed E-state index contributed by atoms with van der Waals surface area (Å²) in [6.45, 7) is 5.55. The molecule has 4 rings (SSSR count). The molecule has 4 nitrogen and oxygen atoms in total. The number of fused-ring (bicyclic) bond motifs is 1. The number of aryl methyl sites for hydroxylation is 4. The van der Waals surface area contributed by atoms with Gasteiger partial charge in [-0.15, -0.1) is 11.3 Å². The smallest absolute Gasteiger partial charge is 0.263 e. The van der Waals surface area contributed by atoms with E-state index in [-0.39, 0.29) is 11.8 Å². The topological polar surface area (TPSA) is 46.1 Å². The Morgan fingerprint density at radius 3 is 2.74 bits per heavy atom. The largest absolute Gasteiger partial charge is 0.337 e. The Balaban J connectivity index is 1.50. The fourth-order valence-electron chi connectivity index (χ4n) is 3.68. The Kier molecular flexibility index (Phi) is 3.68. The minimum absolute atomic E-state index is 0.191. The zero-order valence-electron chi connectivity index (χ0n) is 13.6. The van der Waals surface area contributed by atoms with Crippen LogP contribution >= 0.6 is 11.3 Å². The van der Waals surface area contributed by atoms with E-state index in [1.165, 1.54) is 16.9 Å². The number of carbonyl (C=O) groups is 1. The molecule has 1 atom stereocenters. The Labute approximate surface area is 140 Å². The van der Waals surface area contributed by atoms with Crippen molar-refractivity contribution in [3.8, 4) is 0 Å². The van der Waals surface area contributed by atoms with Gasteiger partial charge >= 0.3 is 0 Å². The van der Waals surface area contributed by atoms with Gasteiger partial charge in [0.1, 0.15) is 5.82 Å². The van der Waals surface area contributed by atoms with Crippen LogP contribution < -0.4 is 0 Å². The van der Waals surface area contributed by atoms with E-state index in [0.29, 0.717) is 0 Å². The first-order valence-electron chi connectivity index (χ1n) is 8.33. The molecule has 2 aromatic rings. The van der Waals surface area contributed by atoms with Crippen LogP contribution in [0, 0.1) is 13.8 Å². The van der Waals surface area contributed by atoms with Gasteiger partial charge in [0.15, 0.2) is 0 Å². The highest BCUT2D eigenvalue weighted by molar-refractivity contribution is 7.14. The maximum atomic E-state index is 12.8. The highest BCUT2D eigenvalue weighted by Crippen LogP contribution is 2.33. The second-order valence-electron chi connectivity index (χ2n) is 6.66. The quantitative estimate of drug-likeness (QED) is 0.850. The third-order valence-electron chi connectivity index (χ3n) is 4.80. The Bertz CT molecular complexity index is 726. The lowest BCUT2D eigenvalue weighted by molar-refractivity contribution is 0.0795. The van der Waals surface area contributed by atoms with Crippen molar-refractivity contribution in [1.82, 2.24) is 14.9 Å². The van der Waals surface area contributed by atoms with Gasteiger partial charge in [-0.2, -0.15) is 0 Å². The van der Waals surface area contributed by atoms with Gasteiger partial charge < -0.3 is 4.90 Å². The average molecular weight is 327 g/mol. The van der Waals surface area contributed by atoms with Gasteiger partial charge in [0, 0.05) is 35.3 Å². The Morgan fingerprint density at radius 1 is 1.22 bits per heavy atom. The zero-order chi connectivity index (χ0) is 16.0. The molecule has 5 heteroatoms. The van der Waals surface area contributed by atoms with Crippen LogP contribution in [0.1, 0.15) is 56.1 Å². The van der Waals surface area contributed by atoms with E-state index in [2.05, 4.69) is 16.0 Å². The molecular weight excluding hydrogens is 306 g/mol. The summed E-state index contributed by atoms with van der Waals surface area (Å²) in [5, 5.41) is 0. The van der Waals surface area contributed by atoms with Gasteiger partial charge in [0.25, 0.3) is 5.91 Å². The van der Waals surface area contributed by atoms with Crippen molar-refractivity contribution < 1.29 is 4.79 Å². The number of rotatable bonds is 2. The maximum absolute atomic E-state index is 12.8. The van der Waals surface area contributed by atoms with Crippen molar-refractivity contribution in [3.05, 3.63) is 44.7 Å². The molecule has 1 aliphatic heterocycles. The number of amides is 1.